The molecule has 1 aromatic rings. The topological polar surface area (TPSA) is 69.0 Å². The summed E-state index contributed by atoms with van der Waals surface area (Å²) < 4.78 is 0. The van der Waals surface area contributed by atoms with Gasteiger partial charge in [0.25, 0.3) is 0 Å². The predicted molar refractivity (Wildman–Crippen MR) is 70.9 cm³/mol. The van der Waals surface area contributed by atoms with Crippen molar-refractivity contribution in [2.75, 3.05) is 6.54 Å². The van der Waals surface area contributed by atoms with Crippen LogP contribution in [0.2, 0.25) is 0 Å². The Balaban J connectivity index is 2.15. The minimum absolute atomic E-state index is 0.0170. The third kappa shape index (κ3) is 3.30. The van der Waals surface area contributed by atoms with Gasteiger partial charge in [-0.1, -0.05) is 0 Å². The second-order valence-electron chi connectivity index (χ2n) is 4.83. The van der Waals surface area contributed by atoms with Gasteiger partial charge in [-0.25, -0.2) is 0 Å². The second kappa shape index (κ2) is 6.30. The van der Waals surface area contributed by atoms with Crippen LogP contribution in [0.5, 0.6) is 0 Å². The molecule has 2 heterocycles. The summed E-state index contributed by atoms with van der Waals surface area (Å²) in [6.07, 6.45) is 4.58. The van der Waals surface area contributed by atoms with Crippen LogP contribution in [-0.2, 0) is 11.3 Å². The van der Waals surface area contributed by atoms with Crippen molar-refractivity contribution < 1.29 is 4.79 Å². The average Bonchev–Trinajstić information content (AvgIpc) is 2.55. The lowest BCUT2D eigenvalue weighted by molar-refractivity contribution is -0.135. The van der Waals surface area contributed by atoms with Gasteiger partial charge in [0.1, 0.15) is 0 Å². The lowest BCUT2D eigenvalue weighted by Crippen LogP contribution is -2.45. The summed E-state index contributed by atoms with van der Waals surface area (Å²) in [5, 5.41) is 12.0. The van der Waals surface area contributed by atoms with Crippen molar-refractivity contribution in [3.8, 4) is 6.07 Å². The molecule has 2 rings (SSSR count). The second-order valence-corrected chi connectivity index (χ2v) is 4.83. The fourth-order valence-corrected chi connectivity index (χ4v) is 2.30. The molecule has 5 nitrogen and oxygen atoms in total. The quantitative estimate of drug-likeness (QED) is 0.880. The third-order valence-corrected chi connectivity index (χ3v) is 3.46. The minimum atomic E-state index is -0.378. The molecule has 1 amide bonds. The number of rotatable bonds is 3. The summed E-state index contributed by atoms with van der Waals surface area (Å²) in [7, 11) is 0. The van der Waals surface area contributed by atoms with E-state index in [4.69, 9.17) is 5.26 Å². The summed E-state index contributed by atoms with van der Waals surface area (Å²) in [6.45, 7) is 3.40. The monoisotopic (exact) mass is 258 g/mol. The summed E-state index contributed by atoms with van der Waals surface area (Å²) in [4.78, 5) is 18.3. The van der Waals surface area contributed by atoms with Crippen LogP contribution in [0.4, 0.5) is 0 Å². The van der Waals surface area contributed by atoms with Crippen LogP contribution in [-0.4, -0.2) is 34.4 Å². The predicted octanol–water partition coefficient (Wildman–Crippen LogP) is 1.07. The van der Waals surface area contributed by atoms with Crippen molar-refractivity contribution in [1.82, 2.24) is 15.2 Å². The maximum Gasteiger partial charge on any atom is 0.241 e. The van der Waals surface area contributed by atoms with E-state index in [2.05, 4.69) is 23.3 Å². The summed E-state index contributed by atoms with van der Waals surface area (Å²) in [5.74, 6) is 0.0170. The lowest BCUT2D eigenvalue weighted by Gasteiger charge is -2.28. The SMILES string of the molecule is CC1CCNC(CC#N)C(=O)N1Cc1ccncc1. The number of carbonyl (C=O) groups excluding carboxylic acids is 1. The van der Waals surface area contributed by atoms with Crippen LogP contribution in [0.1, 0.15) is 25.3 Å². The highest BCUT2D eigenvalue weighted by Gasteiger charge is 2.30. The molecule has 0 bridgehead atoms. The Kier molecular flexibility index (Phi) is 4.48. The molecule has 1 aliphatic heterocycles. The molecule has 0 aliphatic carbocycles. The van der Waals surface area contributed by atoms with Crippen molar-refractivity contribution in [1.29, 1.82) is 5.26 Å². The molecule has 19 heavy (non-hydrogen) atoms. The van der Waals surface area contributed by atoms with Gasteiger partial charge >= 0.3 is 0 Å². The Morgan fingerprint density at radius 3 is 2.95 bits per heavy atom. The van der Waals surface area contributed by atoms with Gasteiger partial charge in [0.05, 0.1) is 18.5 Å². The first kappa shape index (κ1) is 13.5. The Bertz CT molecular complexity index is 468. The molecule has 1 N–H and O–H groups in total. The first-order valence-electron chi connectivity index (χ1n) is 6.52. The number of amides is 1. The van der Waals surface area contributed by atoms with E-state index in [9.17, 15) is 4.79 Å². The molecule has 0 spiro atoms. The first-order chi connectivity index (χ1) is 9.22. The number of hydrogen-bond donors (Lipinski definition) is 1. The van der Waals surface area contributed by atoms with E-state index >= 15 is 0 Å². The Morgan fingerprint density at radius 1 is 1.53 bits per heavy atom. The highest BCUT2D eigenvalue weighted by molar-refractivity contribution is 5.82. The number of aromatic nitrogens is 1. The van der Waals surface area contributed by atoms with E-state index in [0.29, 0.717) is 6.54 Å². The Hall–Kier alpha value is -1.93. The van der Waals surface area contributed by atoms with Gasteiger partial charge in [-0.2, -0.15) is 5.26 Å². The molecule has 2 unspecified atom stereocenters. The van der Waals surface area contributed by atoms with Crippen LogP contribution in [0.3, 0.4) is 0 Å². The van der Waals surface area contributed by atoms with Gasteiger partial charge in [-0.05, 0) is 37.6 Å². The van der Waals surface area contributed by atoms with Crippen LogP contribution < -0.4 is 5.32 Å². The van der Waals surface area contributed by atoms with E-state index in [0.717, 1.165) is 18.5 Å². The highest BCUT2D eigenvalue weighted by Crippen LogP contribution is 2.15. The molecular weight excluding hydrogens is 240 g/mol. The maximum absolute atomic E-state index is 12.4. The van der Waals surface area contributed by atoms with Gasteiger partial charge in [0.2, 0.25) is 5.91 Å². The van der Waals surface area contributed by atoms with Crippen LogP contribution in [0.15, 0.2) is 24.5 Å². The smallest absolute Gasteiger partial charge is 0.241 e. The van der Waals surface area contributed by atoms with Crippen molar-refractivity contribution in [2.24, 2.45) is 0 Å². The van der Waals surface area contributed by atoms with E-state index in [-0.39, 0.29) is 24.4 Å². The zero-order valence-corrected chi connectivity index (χ0v) is 11.0. The Labute approximate surface area is 113 Å². The van der Waals surface area contributed by atoms with Gasteiger partial charge in [-0.3, -0.25) is 9.78 Å². The van der Waals surface area contributed by atoms with Crippen LogP contribution in [0, 0.1) is 11.3 Å². The molecule has 1 aromatic heterocycles. The number of nitrogens with zero attached hydrogens (tertiary/aromatic N) is 3. The number of carbonyl (C=O) groups is 1. The third-order valence-electron chi connectivity index (χ3n) is 3.46. The van der Waals surface area contributed by atoms with E-state index in [1.807, 2.05) is 17.0 Å². The van der Waals surface area contributed by atoms with Crippen molar-refractivity contribution in [2.45, 2.75) is 38.4 Å². The molecule has 0 radical (unpaired) electrons. The number of hydrogen-bond acceptors (Lipinski definition) is 4. The molecule has 1 saturated heterocycles. The van der Waals surface area contributed by atoms with Gasteiger partial charge in [-0.15, -0.1) is 0 Å². The normalized spacial score (nSPS) is 23.8. The summed E-state index contributed by atoms with van der Waals surface area (Å²) in [5.41, 5.74) is 1.06. The zero-order valence-electron chi connectivity index (χ0n) is 11.0. The fourth-order valence-electron chi connectivity index (χ4n) is 2.30. The van der Waals surface area contributed by atoms with E-state index < -0.39 is 0 Å². The number of nitriles is 1. The van der Waals surface area contributed by atoms with Crippen LogP contribution >= 0.6 is 0 Å². The maximum atomic E-state index is 12.4. The summed E-state index contributed by atoms with van der Waals surface area (Å²) >= 11 is 0. The molecule has 2 atom stereocenters. The molecule has 0 aromatic carbocycles. The first-order valence-corrected chi connectivity index (χ1v) is 6.52. The number of pyridine rings is 1. The molecule has 100 valence electrons. The minimum Gasteiger partial charge on any atom is -0.334 e. The fraction of sp³-hybridized carbons (Fsp3) is 0.500. The summed E-state index contributed by atoms with van der Waals surface area (Å²) in [6, 6.07) is 5.70. The molecule has 0 saturated carbocycles. The standard InChI is InChI=1S/C14H18N4O/c1-11-3-9-17-13(2-6-15)14(19)18(11)10-12-4-7-16-8-5-12/h4-5,7-8,11,13,17H,2-3,9-10H2,1H3. The highest BCUT2D eigenvalue weighted by atomic mass is 16.2. The van der Waals surface area contributed by atoms with Gasteiger partial charge in [0, 0.05) is 25.0 Å². The average molecular weight is 258 g/mol. The van der Waals surface area contributed by atoms with Crippen molar-refractivity contribution in [3.63, 3.8) is 0 Å². The zero-order chi connectivity index (χ0) is 13.7. The number of nitrogens with one attached hydrogen (secondary N) is 1. The van der Waals surface area contributed by atoms with Gasteiger partial charge < -0.3 is 10.2 Å². The van der Waals surface area contributed by atoms with E-state index in [1.165, 1.54) is 0 Å². The molecule has 1 aliphatic rings. The van der Waals surface area contributed by atoms with E-state index in [1.54, 1.807) is 12.4 Å². The molecule has 5 heteroatoms. The van der Waals surface area contributed by atoms with Crippen molar-refractivity contribution in [3.05, 3.63) is 30.1 Å². The van der Waals surface area contributed by atoms with Crippen LogP contribution in [0.25, 0.3) is 0 Å². The Morgan fingerprint density at radius 2 is 2.26 bits per heavy atom. The molecular formula is C14H18N4O. The lowest BCUT2D eigenvalue weighted by atomic mass is 10.1. The molecule has 1 fully saturated rings. The largest absolute Gasteiger partial charge is 0.334 e. The van der Waals surface area contributed by atoms with Gasteiger partial charge in [0.15, 0.2) is 0 Å². The van der Waals surface area contributed by atoms with Crippen molar-refractivity contribution >= 4 is 5.91 Å².